The van der Waals surface area contributed by atoms with Gasteiger partial charge in [-0.25, -0.2) is 0 Å². The maximum Gasteiger partial charge on any atom is 0.280 e. The van der Waals surface area contributed by atoms with Crippen molar-refractivity contribution >= 4 is 29.2 Å². The summed E-state index contributed by atoms with van der Waals surface area (Å²) in [4.78, 5) is 15.1. The smallest absolute Gasteiger partial charge is 0.280 e. The summed E-state index contributed by atoms with van der Waals surface area (Å²) in [6.07, 6.45) is 1.75. The van der Waals surface area contributed by atoms with Crippen LogP contribution in [-0.2, 0) is 5.41 Å². The number of halogens is 1. The number of carbonyl (C=O) groups excluding carboxylic acids is 1. The molecule has 0 saturated carbocycles. The molecule has 0 radical (unpaired) electrons. The third kappa shape index (κ3) is 3.19. The lowest BCUT2D eigenvalue weighted by Gasteiger charge is -2.23. The Hall–Kier alpha value is -1.39. The average Bonchev–Trinajstić information content (AvgIpc) is 2.79. The molecule has 2 rings (SSSR count). The van der Waals surface area contributed by atoms with E-state index in [-0.39, 0.29) is 10.6 Å². The minimum Gasteiger partial charge on any atom is -0.431 e. The highest BCUT2D eigenvalue weighted by molar-refractivity contribution is 7.15. The molecule has 0 fully saturated rings. The monoisotopic (exact) mass is 309 g/mol. The van der Waals surface area contributed by atoms with Crippen LogP contribution >= 0.6 is 22.9 Å². The van der Waals surface area contributed by atoms with Gasteiger partial charge in [0.25, 0.3) is 5.19 Å². The predicted molar refractivity (Wildman–Crippen MR) is 82.3 cm³/mol. The largest absolute Gasteiger partial charge is 0.431 e. The predicted octanol–water partition coefficient (Wildman–Crippen LogP) is 5.09. The molecule has 0 N–H and O–H groups in total. The fraction of sp³-hybridized carbons (Fsp3) is 0.333. The fourth-order valence-electron chi connectivity index (χ4n) is 1.69. The first-order valence-electron chi connectivity index (χ1n) is 6.36. The molecule has 0 unspecified atom stereocenters. The molecule has 0 aliphatic rings. The third-order valence-corrected chi connectivity index (χ3v) is 4.68. The Morgan fingerprint density at radius 2 is 2.00 bits per heavy atom. The summed E-state index contributed by atoms with van der Waals surface area (Å²) in [6, 6.07) is 7.91. The van der Waals surface area contributed by atoms with Crippen molar-refractivity contribution in [3.63, 3.8) is 0 Å². The van der Waals surface area contributed by atoms with Gasteiger partial charge in [0.1, 0.15) is 10.6 Å². The molecule has 2 aromatic rings. The van der Waals surface area contributed by atoms with Crippen LogP contribution in [0.2, 0.25) is 5.15 Å². The Morgan fingerprint density at radius 1 is 1.35 bits per heavy atom. The van der Waals surface area contributed by atoms with Gasteiger partial charge in [-0.2, -0.15) is 4.98 Å². The summed E-state index contributed by atoms with van der Waals surface area (Å²) in [5, 5.41) is 0.559. The molecule has 3 nitrogen and oxygen atoms in total. The molecular weight excluding hydrogens is 294 g/mol. The zero-order valence-electron chi connectivity index (χ0n) is 11.6. The molecule has 1 heterocycles. The highest BCUT2D eigenvalue weighted by Gasteiger charge is 2.18. The van der Waals surface area contributed by atoms with E-state index < -0.39 is 0 Å². The first kappa shape index (κ1) is 15.0. The molecule has 0 aliphatic heterocycles. The third-order valence-electron chi connectivity index (χ3n) is 3.42. The van der Waals surface area contributed by atoms with E-state index in [0.29, 0.717) is 22.1 Å². The molecule has 0 amide bonds. The summed E-state index contributed by atoms with van der Waals surface area (Å²) in [5.41, 5.74) is 1.41. The fourth-order valence-corrected chi connectivity index (χ4v) is 2.62. The molecule has 0 atom stereocenters. The van der Waals surface area contributed by atoms with E-state index in [2.05, 4.69) is 37.9 Å². The highest BCUT2D eigenvalue weighted by atomic mass is 35.5. The second kappa shape index (κ2) is 5.94. The standard InChI is InChI=1S/C15H16ClNO2S/c1-4-15(2,3)10-5-7-11(8-6-10)19-14-17-13(16)12(9-18)20-14/h5-9H,4H2,1-3H3. The lowest BCUT2D eigenvalue weighted by molar-refractivity contribution is 0.112. The van der Waals surface area contributed by atoms with Gasteiger partial charge in [0.15, 0.2) is 11.4 Å². The van der Waals surface area contributed by atoms with Crippen LogP contribution in [0.3, 0.4) is 0 Å². The van der Waals surface area contributed by atoms with Gasteiger partial charge in [-0.3, -0.25) is 4.79 Å². The van der Waals surface area contributed by atoms with Crippen molar-refractivity contribution in [2.45, 2.75) is 32.6 Å². The van der Waals surface area contributed by atoms with Crippen molar-refractivity contribution in [1.82, 2.24) is 4.98 Å². The van der Waals surface area contributed by atoms with E-state index >= 15 is 0 Å². The van der Waals surface area contributed by atoms with E-state index in [0.717, 1.165) is 17.8 Å². The van der Waals surface area contributed by atoms with Crippen LogP contribution in [0, 0.1) is 0 Å². The molecule has 1 aromatic carbocycles. The van der Waals surface area contributed by atoms with E-state index in [1.807, 2.05) is 12.1 Å². The maximum atomic E-state index is 10.7. The Morgan fingerprint density at radius 3 is 2.50 bits per heavy atom. The van der Waals surface area contributed by atoms with Crippen molar-refractivity contribution in [3.8, 4) is 10.9 Å². The minimum absolute atomic E-state index is 0.147. The number of hydrogen-bond acceptors (Lipinski definition) is 4. The van der Waals surface area contributed by atoms with Gasteiger partial charge in [0.2, 0.25) is 0 Å². The number of rotatable bonds is 5. The quantitative estimate of drug-likeness (QED) is 0.722. The van der Waals surface area contributed by atoms with Gasteiger partial charge in [-0.05, 0) is 29.5 Å². The number of thiazole rings is 1. The number of ether oxygens (including phenoxy) is 1. The average molecular weight is 310 g/mol. The number of nitrogens with zero attached hydrogens (tertiary/aromatic N) is 1. The Bertz CT molecular complexity index is 605. The van der Waals surface area contributed by atoms with Crippen molar-refractivity contribution in [2.75, 3.05) is 0 Å². The first-order chi connectivity index (χ1) is 9.46. The number of aldehydes is 1. The number of carbonyl (C=O) groups is 1. The highest BCUT2D eigenvalue weighted by Crippen LogP contribution is 2.32. The molecule has 20 heavy (non-hydrogen) atoms. The van der Waals surface area contributed by atoms with E-state index in [1.165, 1.54) is 5.56 Å². The van der Waals surface area contributed by atoms with Gasteiger partial charge >= 0.3 is 0 Å². The summed E-state index contributed by atoms with van der Waals surface area (Å²) < 4.78 is 5.61. The van der Waals surface area contributed by atoms with Crippen LogP contribution in [-0.4, -0.2) is 11.3 Å². The molecule has 5 heteroatoms. The number of aromatic nitrogens is 1. The second-order valence-electron chi connectivity index (χ2n) is 5.12. The van der Waals surface area contributed by atoms with Crippen molar-refractivity contribution in [1.29, 1.82) is 0 Å². The summed E-state index contributed by atoms with van der Waals surface area (Å²) in [7, 11) is 0. The van der Waals surface area contributed by atoms with E-state index in [9.17, 15) is 4.79 Å². The van der Waals surface area contributed by atoms with Crippen LogP contribution in [0.1, 0.15) is 42.4 Å². The van der Waals surface area contributed by atoms with Crippen LogP contribution in [0.5, 0.6) is 10.9 Å². The first-order valence-corrected chi connectivity index (χ1v) is 7.55. The lowest BCUT2D eigenvalue weighted by atomic mass is 9.82. The minimum atomic E-state index is 0.147. The summed E-state index contributed by atoms with van der Waals surface area (Å²) in [6.45, 7) is 6.59. The van der Waals surface area contributed by atoms with Crippen molar-refractivity contribution in [2.24, 2.45) is 0 Å². The van der Waals surface area contributed by atoms with Gasteiger partial charge in [-0.15, -0.1) is 0 Å². The van der Waals surface area contributed by atoms with Crippen LogP contribution in [0.4, 0.5) is 0 Å². The Balaban J connectivity index is 2.16. The molecule has 0 saturated heterocycles. The Labute approximate surface area is 127 Å². The normalized spacial score (nSPS) is 11.4. The van der Waals surface area contributed by atoms with Gasteiger partial charge in [0, 0.05) is 0 Å². The molecular formula is C15H16ClNO2S. The molecule has 1 aromatic heterocycles. The van der Waals surface area contributed by atoms with Crippen LogP contribution < -0.4 is 4.74 Å². The zero-order chi connectivity index (χ0) is 14.8. The second-order valence-corrected chi connectivity index (χ2v) is 6.47. The van der Waals surface area contributed by atoms with E-state index in [1.54, 1.807) is 0 Å². The SMILES string of the molecule is CCC(C)(C)c1ccc(Oc2nc(Cl)c(C=O)s2)cc1. The zero-order valence-corrected chi connectivity index (χ0v) is 13.2. The Kier molecular flexibility index (Phi) is 4.45. The molecule has 0 aliphatic carbocycles. The van der Waals surface area contributed by atoms with Gasteiger partial charge < -0.3 is 4.74 Å². The van der Waals surface area contributed by atoms with E-state index in [4.69, 9.17) is 16.3 Å². The van der Waals surface area contributed by atoms with Crippen molar-refractivity contribution < 1.29 is 9.53 Å². The van der Waals surface area contributed by atoms with Gasteiger partial charge in [0.05, 0.1) is 0 Å². The maximum absolute atomic E-state index is 10.7. The molecule has 0 bridgehead atoms. The molecule has 0 spiro atoms. The number of hydrogen-bond donors (Lipinski definition) is 0. The lowest BCUT2D eigenvalue weighted by Crippen LogP contribution is -2.14. The number of benzene rings is 1. The topological polar surface area (TPSA) is 39.2 Å². The molecule has 106 valence electrons. The summed E-state index contributed by atoms with van der Waals surface area (Å²) >= 11 is 6.94. The summed E-state index contributed by atoms with van der Waals surface area (Å²) in [5.74, 6) is 0.684. The van der Waals surface area contributed by atoms with Gasteiger partial charge in [-0.1, -0.05) is 55.8 Å². The van der Waals surface area contributed by atoms with Crippen molar-refractivity contribution in [3.05, 3.63) is 39.9 Å². The van der Waals surface area contributed by atoms with Crippen LogP contribution in [0.15, 0.2) is 24.3 Å². The van der Waals surface area contributed by atoms with Crippen LogP contribution in [0.25, 0.3) is 0 Å².